The number of nitrogens with zero attached hydrogens (tertiary/aromatic N) is 4. The van der Waals surface area contributed by atoms with Crippen molar-refractivity contribution in [3.63, 3.8) is 0 Å². The van der Waals surface area contributed by atoms with Gasteiger partial charge in [-0.2, -0.15) is 15.4 Å². The van der Waals surface area contributed by atoms with E-state index in [-0.39, 0.29) is 52.3 Å². The number of benzene rings is 1. The maximum Gasteiger partial charge on any atom is 0.279 e. The average Bonchev–Trinajstić information content (AvgIpc) is 2.93. The van der Waals surface area contributed by atoms with E-state index >= 15 is 0 Å². The summed E-state index contributed by atoms with van der Waals surface area (Å²) in [6.07, 6.45) is 6.94. The van der Waals surface area contributed by atoms with Crippen molar-refractivity contribution in [1.29, 1.82) is 5.26 Å². The molecule has 4 atom stereocenters. The lowest BCUT2D eigenvalue weighted by molar-refractivity contribution is -0.385. The number of allylic oxidation sites excluding steroid dienone is 2. The highest BCUT2D eigenvalue weighted by molar-refractivity contribution is 6.06. The van der Waals surface area contributed by atoms with E-state index in [1.165, 1.54) is 12.1 Å². The monoisotopic (exact) mass is 350 g/mol. The molecule has 130 valence electrons. The van der Waals surface area contributed by atoms with Crippen molar-refractivity contribution in [2.45, 2.75) is 12.8 Å². The van der Waals surface area contributed by atoms with Gasteiger partial charge in [0, 0.05) is 6.07 Å². The molecule has 0 radical (unpaired) electrons. The van der Waals surface area contributed by atoms with Gasteiger partial charge in [-0.05, 0) is 36.8 Å². The predicted molar refractivity (Wildman–Crippen MR) is 89.6 cm³/mol. The number of nitro groups is 1. The van der Waals surface area contributed by atoms with Crippen LogP contribution in [-0.4, -0.2) is 28.0 Å². The van der Waals surface area contributed by atoms with Gasteiger partial charge in [-0.1, -0.05) is 12.2 Å². The summed E-state index contributed by atoms with van der Waals surface area (Å²) in [6, 6.07) is 5.78. The number of imide groups is 1. The Morgan fingerprint density at radius 1 is 1.19 bits per heavy atom. The smallest absolute Gasteiger partial charge is 0.272 e. The van der Waals surface area contributed by atoms with Crippen LogP contribution in [0, 0.1) is 45.1 Å². The first-order valence-corrected chi connectivity index (χ1v) is 8.30. The maximum atomic E-state index is 12.7. The number of nitriles is 1. The number of fused-ring (bicyclic) bond motifs is 1. The quantitative estimate of drug-likeness (QED) is 0.272. The second-order valence-corrected chi connectivity index (χ2v) is 6.72. The van der Waals surface area contributed by atoms with E-state index in [4.69, 9.17) is 5.26 Å². The van der Waals surface area contributed by atoms with Crippen LogP contribution in [0.3, 0.4) is 0 Å². The second-order valence-electron chi connectivity index (χ2n) is 6.72. The summed E-state index contributed by atoms with van der Waals surface area (Å²) in [5.74, 6) is -1.31. The average molecular weight is 350 g/mol. The molecule has 1 saturated heterocycles. The lowest BCUT2D eigenvalue weighted by Crippen LogP contribution is -2.38. The first-order chi connectivity index (χ1) is 12.5. The summed E-state index contributed by atoms with van der Waals surface area (Å²) in [7, 11) is 0. The van der Waals surface area contributed by atoms with Crippen LogP contribution < -0.4 is 0 Å². The SMILES string of the molecule is N#Cc1ccc(C=NN2C(=O)C3C4C=CC(CC4)C3C2=O)c([N+](=O)[O-])c1. The van der Waals surface area contributed by atoms with E-state index in [1.807, 2.05) is 18.2 Å². The third kappa shape index (κ3) is 2.32. The molecule has 26 heavy (non-hydrogen) atoms. The van der Waals surface area contributed by atoms with Crippen molar-refractivity contribution in [1.82, 2.24) is 5.01 Å². The van der Waals surface area contributed by atoms with Gasteiger partial charge in [-0.3, -0.25) is 19.7 Å². The fourth-order valence-electron chi connectivity index (χ4n) is 4.17. The molecule has 4 unspecified atom stereocenters. The van der Waals surface area contributed by atoms with Crippen LogP contribution >= 0.6 is 0 Å². The molecular weight excluding hydrogens is 336 g/mol. The number of carbonyl (C=O) groups is 2. The normalized spacial score (nSPS) is 29.3. The Balaban J connectivity index is 1.64. The van der Waals surface area contributed by atoms with Crippen molar-refractivity contribution in [2.24, 2.45) is 28.8 Å². The standard InChI is InChI=1S/C18H14N4O4/c19-8-10-1-2-13(14(7-10)22(25)26)9-20-21-17(23)15-11-3-4-12(6-5-11)16(15)18(21)24/h1-4,7,9,11-12,15-16H,5-6H2. The highest BCUT2D eigenvalue weighted by atomic mass is 16.6. The Hall–Kier alpha value is -3.34. The molecule has 0 N–H and O–H groups in total. The lowest BCUT2D eigenvalue weighted by atomic mass is 9.63. The predicted octanol–water partition coefficient (Wildman–Crippen LogP) is 2.00. The zero-order valence-corrected chi connectivity index (χ0v) is 13.6. The van der Waals surface area contributed by atoms with Crippen LogP contribution in [0.15, 0.2) is 35.5 Å². The summed E-state index contributed by atoms with van der Waals surface area (Å²) >= 11 is 0. The molecular formula is C18H14N4O4. The van der Waals surface area contributed by atoms with E-state index in [2.05, 4.69) is 5.10 Å². The van der Waals surface area contributed by atoms with Crippen molar-refractivity contribution in [3.05, 3.63) is 51.6 Å². The van der Waals surface area contributed by atoms with E-state index in [1.54, 1.807) is 0 Å². The highest BCUT2D eigenvalue weighted by Gasteiger charge is 2.56. The van der Waals surface area contributed by atoms with Gasteiger partial charge in [0.2, 0.25) is 0 Å². The zero-order chi connectivity index (χ0) is 18.4. The summed E-state index contributed by atoms with van der Waals surface area (Å²) in [6.45, 7) is 0. The number of hydrogen-bond donors (Lipinski definition) is 0. The molecule has 1 saturated carbocycles. The van der Waals surface area contributed by atoms with Crippen molar-refractivity contribution in [3.8, 4) is 6.07 Å². The van der Waals surface area contributed by atoms with Gasteiger partial charge in [0.15, 0.2) is 0 Å². The van der Waals surface area contributed by atoms with Crippen molar-refractivity contribution >= 4 is 23.7 Å². The van der Waals surface area contributed by atoms with Gasteiger partial charge in [0.1, 0.15) is 0 Å². The molecule has 4 aliphatic rings. The molecule has 1 aromatic carbocycles. The van der Waals surface area contributed by atoms with Gasteiger partial charge >= 0.3 is 0 Å². The summed E-state index contributed by atoms with van der Waals surface area (Å²) in [5.41, 5.74) is -0.0209. The Morgan fingerprint density at radius 3 is 2.31 bits per heavy atom. The minimum absolute atomic E-state index is 0.0610. The molecule has 3 aliphatic carbocycles. The topological polar surface area (TPSA) is 117 Å². The number of nitro benzene ring substituents is 1. The van der Waals surface area contributed by atoms with Gasteiger partial charge in [-0.15, -0.1) is 0 Å². The van der Waals surface area contributed by atoms with Crippen molar-refractivity contribution in [2.75, 3.05) is 0 Å². The molecule has 0 aromatic heterocycles. The fraction of sp³-hybridized carbons (Fsp3) is 0.333. The van der Waals surface area contributed by atoms with Gasteiger partial charge in [-0.25, -0.2) is 0 Å². The molecule has 1 aromatic rings. The third-order valence-corrected chi connectivity index (χ3v) is 5.40. The number of amides is 2. The summed E-state index contributed by atoms with van der Waals surface area (Å²) < 4.78 is 0. The molecule has 8 nitrogen and oxygen atoms in total. The van der Waals surface area contributed by atoms with Crippen molar-refractivity contribution < 1.29 is 14.5 Å². The molecule has 2 bridgehead atoms. The minimum atomic E-state index is -0.625. The van der Waals surface area contributed by atoms with Crippen LogP contribution in [-0.2, 0) is 9.59 Å². The third-order valence-electron chi connectivity index (χ3n) is 5.40. The van der Waals surface area contributed by atoms with Crippen LogP contribution in [0.2, 0.25) is 0 Å². The number of carbonyl (C=O) groups excluding carboxylic acids is 2. The Labute approximate surface area is 148 Å². The van der Waals surface area contributed by atoms with Gasteiger partial charge in [0.05, 0.1) is 40.2 Å². The maximum absolute atomic E-state index is 12.7. The van der Waals surface area contributed by atoms with E-state index in [0.717, 1.165) is 30.1 Å². The first kappa shape index (κ1) is 16.1. The van der Waals surface area contributed by atoms with Gasteiger partial charge < -0.3 is 0 Å². The molecule has 2 fully saturated rings. The Morgan fingerprint density at radius 2 is 1.81 bits per heavy atom. The van der Waals surface area contributed by atoms with E-state index in [0.29, 0.717) is 0 Å². The van der Waals surface area contributed by atoms with E-state index in [9.17, 15) is 19.7 Å². The molecule has 0 spiro atoms. The molecule has 1 aliphatic heterocycles. The zero-order valence-electron chi connectivity index (χ0n) is 13.6. The molecule has 8 heteroatoms. The summed E-state index contributed by atoms with van der Waals surface area (Å²) in [4.78, 5) is 35.9. The van der Waals surface area contributed by atoms with Gasteiger partial charge in [0.25, 0.3) is 17.5 Å². The fourth-order valence-corrected chi connectivity index (χ4v) is 4.17. The molecule has 1 heterocycles. The first-order valence-electron chi connectivity index (χ1n) is 8.30. The van der Waals surface area contributed by atoms with Crippen LogP contribution in [0.5, 0.6) is 0 Å². The number of hydrogen-bond acceptors (Lipinski definition) is 6. The highest BCUT2D eigenvalue weighted by Crippen LogP contribution is 2.49. The minimum Gasteiger partial charge on any atom is -0.272 e. The Bertz CT molecular complexity index is 898. The largest absolute Gasteiger partial charge is 0.279 e. The summed E-state index contributed by atoms with van der Waals surface area (Å²) in [5, 5.41) is 24.9. The number of rotatable bonds is 3. The second kappa shape index (κ2) is 5.88. The number of hydrazone groups is 1. The van der Waals surface area contributed by atoms with Crippen LogP contribution in [0.4, 0.5) is 5.69 Å². The van der Waals surface area contributed by atoms with Crippen LogP contribution in [0.1, 0.15) is 24.0 Å². The van der Waals surface area contributed by atoms with E-state index < -0.39 is 4.92 Å². The Kier molecular flexibility index (Phi) is 3.65. The molecule has 2 amide bonds. The molecule has 5 rings (SSSR count). The van der Waals surface area contributed by atoms with Crippen LogP contribution in [0.25, 0.3) is 0 Å². The lowest BCUT2D eigenvalue weighted by Gasteiger charge is -2.37.